The van der Waals surface area contributed by atoms with Crippen molar-refractivity contribution in [2.75, 3.05) is 38.6 Å². The normalized spacial score (nSPS) is 11.3. The van der Waals surface area contributed by atoms with Gasteiger partial charge in [0, 0.05) is 20.6 Å². The molecule has 0 aliphatic heterocycles. The molecule has 0 bridgehead atoms. The number of hydrogen-bond donors (Lipinski definition) is 1. The summed E-state index contributed by atoms with van der Waals surface area (Å²) in [4.78, 5) is 12.4. The zero-order valence-electron chi connectivity index (χ0n) is 16.8. The molecule has 158 valence electrons. The Morgan fingerprint density at radius 3 is 2.38 bits per heavy atom. The highest BCUT2D eigenvalue weighted by Crippen LogP contribution is 2.20. The number of carbonyl (C=O) groups is 1. The third-order valence-electron chi connectivity index (χ3n) is 4.28. The van der Waals surface area contributed by atoms with Gasteiger partial charge in [-0.25, -0.2) is 8.70 Å². The lowest BCUT2D eigenvalue weighted by molar-refractivity contribution is -0.119. The number of aryl methyl sites for hydroxylation is 1. The van der Waals surface area contributed by atoms with Gasteiger partial charge < -0.3 is 10.1 Å². The van der Waals surface area contributed by atoms with Crippen LogP contribution in [0.3, 0.4) is 0 Å². The smallest absolute Gasteiger partial charge is 0.304 e. The molecule has 0 aromatic heterocycles. The number of benzene rings is 2. The summed E-state index contributed by atoms with van der Waals surface area (Å²) >= 11 is 0. The second-order valence-corrected chi connectivity index (χ2v) is 8.61. The van der Waals surface area contributed by atoms with Crippen molar-refractivity contribution >= 4 is 21.8 Å². The Labute approximate surface area is 171 Å². The molecule has 2 aromatic carbocycles. The molecule has 0 saturated carbocycles. The zero-order valence-corrected chi connectivity index (χ0v) is 17.6. The third kappa shape index (κ3) is 6.16. The number of halogens is 1. The second-order valence-electron chi connectivity index (χ2n) is 6.54. The summed E-state index contributed by atoms with van der Waals surface area (Å²) in [7, 11) is 0.435. The Hall–Kier alpha value is -2.65. The van der Waals surface area contributed by atoms with E-state index in [4.69, 9.17) is 4.74 Å². The molecule has 0 unspecified atom stereocenters. The maximum absolute atomic E-state index is 13.2. The highest BCUT2D eigenvalue weighted by Gasteiger charge is 2.27. The Kier molecular flexibility index (Phi) is 7.98. The topological polar surface area (TPSA) is 79.0 Å². The second kappa shape index (κ2) is 10.2. The number of ether oxygens (including phenoxy) is 1. The van der Waals surface area contributed by atoms with E-state index in [1.54, 1.807) is 7.11 Å². The number of amides is 1. The molecule has 0 saturated heterocycles. The average Bonchev–Trinajstić information content (AvgIpc) is 2.70. The van der Waals surface area contributed by atoms with Gasteiger partial charge in [0.1, 0.15) is 18.1 Å². The molecule has 0 fully saturated rings. The van der Waals surface area contributed by atoms with Gasteiger partial charge >= 0.3 is 10.2 Å². The molecule has 9 heteroatoms. The zero-order chi connectivity index (χ0) is 21.4. The summed E-state index contributed by atoms with van der Waals surface area (Å²) in [5.74, 6) is -0.144. The van der Waals surface area contributed by atoms with Crippen molar-refractivity contribution in [3.63, 3.8) is 0 Å². The molecular weight excluding hydrogens is 397 g/mol. The number of methoxy groups -OCH3 is 1. The molecule has 2 rings (SSSR count). The average molecular weight is 424 g/mol. The lowest BCUT2D eigenvalue weighted by Crippen LogP contribution is -2.46. The van der Waals surface area contributed by atoms with Crippen LogP contribution in [0.25, 0.3) is 0 Å². The SMILES string of the molecule is COc1ccccc1CCCNC(=O)CN(c1ccc(F)cc1)S(=O)(=O)N(C)C. The quantitative estimate of drug-likeness (QED) is 0.594. The van der Waals surface area contributed by atoms with Gasteiger partial charge in [-0.05, 0) is 48.7 Å². The van der Waals surface area contributed by atoms with Gasteiger partial charge in [-0.2, -0.15) is 12.7 Å². The maximum Gasteiger partial charge on any atom is 0.304 e. The molecular formula is C20H26FN3O4S. The predicted molar refractivity (Wildman–Crippen MR) is 111 cm³/mol. The third-order valence-corrected chi connectivity index (χ3v) is 6.10. The Bertz CT molecular complexity index is 918. The van der Waals surface area contributed by atoms with E-state index in [0.717, 1.165) is 32.1 Å². The maximum atomic E-state index is 13.2. The van der Waals surface area contributed by atoms with Gasteiger partial charge in [0.05, 0.1) is 12.8 Å². The van der Waals surface area contributed by atoms with Crippen molar-refractivity contribution in [3.05, 3.63) is 59.9 Å². The summed E-state index contributed by atoms with van der Waals surface area (Å²) in [6.45, 7) is -0.0169. The number of para-hydroxylation sites is 1. The first kappa shape index (κ1) is 22.6. The summed E-state index contributed by atoms with van der Waals surface area (Å²) in [6, 6.07) is 12.6. The van der Waals surface area contributed by atoms with Gasteiger partial charge in [0.2, 0.25) is 5.91 Å². The summed E-state index contributed by atoms with van der Waals surface area (Å²) in [5.41, 5.74) is 1.25. The van der Waals surface area contributed by atoms with Crippen LogP contribution in [0.4, 0.5) is 10.1 Å². The number of nitrogens with zero attached hydrogens (tertiary/aromatic N) is 2. The molecule has 29 heavy (non-hydrogen) atoms. The minimum atomic E-state index is -3.92. The molecule has 2 aromatic rings. The van der Waals surface area contributed by atoms with E-state index in [9.17, 15) is 17.6 Å². The fourth-order valence-electron chi connectivity index (χ4n) is 2.71. The lowest BCUT2D eigenvalue weighted by atomic mass is 10.1. The van der Waals surface area contributed by atoms with Crippen molar-refractivity contribution in [1.29, 1.82) is 0 Å². The highest BCUT2D eigenvalue weighted by atomic mass is 32.2. The van der Waals surface area contributed by atoms with Crippen LogP contribution in [0, 0.1) is 5.82 Å². The molecule has 1 N–H and O–H groups in total. The van der Waals surface area contributed by atoms with Crippen LogP contribution in [0.1, 0.15) is 12.0 Å². The van der Waals surface area contributed by atoms with Crippen molar-refractivity contribution in [2.45, 2.75) is 12.8 Å². The van der Waals surface area contributed by atoms with E-state index >= 15 is 0 Å². The van der Waals surface area contributed by atoms with Crippen molar-refractivity contribution in [2.24, 2.45) is 0 Å². The van der Waals surface area contributed by atoms with E-state index in [1.165, 1.54) is 26.2 Å². The number of anilines is 1. The first-order chi connectivity index (χ1) is 13.8. The van der Waals surface area contributed by atoms with E-state index in [2.05, 4.69) is 5.32 Å². The fraction of sp³-hybridized carbons (Fsp3) is 0.350. The number of nitrogens with one attached hydrogen (secondary N) is 1. The summed E-state index contributed by atoms with van der Waals surface area (Å²) in [5, 5.41) is 2.73. The van der Waals surface area contributed by atoms with Gasteiger partial charge in [-0.1, -0.05) is 18.2 Å². The van der Waals surface area contributed by atoms with Crippen molar-refractivity contribution in [3.8, 4) is 5.75 Å². The van der Waals surface area contributed by atoms with Gasteiger partial charge in [-0.3, -0.25) is 4.79 Å². The summed E-state index contributed by atoms with van der Waals surface area (Å²) < 4.78 is 45.7. The van der Waals surface area contributed by atoms with E-state index in [0.29, 0.717) is 19.4 Å². The Morgan fingerprint density at radius 1 is 1.10 bits per heavy atom. The molecule has 0 atom stereocenters. The Balaban J connectivity index is 1.98. The van der Waals surface area contributed by atoms with Crippen molar-refractivity contribution < 1.29 is 22.3 Å². The number of hydrogen-bond acceptors (Lipinski definition) is 4. The molecule has 0 heterocycles. The van der Waals surface area contributed by atoms with Crippen molar-refractivity contribution in [1.82, 2.24) is 9.62 Å². The Morgan fingerprint density at radius 2 is 1.76 bits per heavy atom. The first-order valence-corrected chi connectivity index (χ1v) is 10.5. The van der Waals surface area contributed by atoms with E-state index in [1.807, 2.05) is 24.3 Å². The van der Waals surface area contributed by atoms with E-state index in [-0.39, 0.29) is 5.69 Å². The molecule has 0 radical (unpaired) electrons. The minimum Gasteiger partial charge on any atom is -0.496 e. The largest absolute Gasteiger partial charge is 0.496 e. The van der Waals surface area contributed by atoms with Crippen LogP contribution in [-0.2, 0) is 21.4 Å². The van der Waals surface area contributed by atoms with Crippen LogP contribution >= 0.6 is 0 Å². The molecule has 0 aliphatic rings. The van der Waals surface area contributed by atoms with Gasteiger partial charge in [0.15, 0.2) is 0 Å². The summed E-state index contributed by atoms with van der Waals surface area (Å²) in [6.07, 6.45) is 1.38. The monoisotopic (exact) mass is 423 g/mol. The molecule has 0 aliphatic carbocycles. The standard InChI is InChI=1S/C20H26FN3O4S/c1-23(2)29(26,27)24(18-12-10-17(21)11-13-18)15-20(25)22-14-6-8-16-7-4-5-9-19(16)28-3/h4-5,7,9-13H,6,8,14-15H2,1-3H3,(H,22,25). The number of carbonyl (C=O) groups excluding carboxylic acids is 1. The fourth-order valence-corrected chi connectivity index (χ4v) is 3.78. The molecule has 1 amide bonds. The van der Waals surface area contributed by atoms with Gasteiger partial charge in [0.25, 0.3) is 0 Å². The van der Waals surface area contributed by atoms with E-state index < -0.39 is 28.5 Å². The highest BCUT2D eigenvalue weighted by molar-refractivity contribution is 7.90. The first-order valence-electron chi connectivity index (χ1n) is 9.10. The lowest BCUT2D eigenvalue weighted by Gasteiger charge is -2.26. The van der Waals surface area contributed by atoms with Crippen LogP contribution < -0.4 is 14.4 Å². The number of rotatable bonds is 10. The van der Waals surface area contributed by atoms with Crippen LogP contribution in [-0.4, -0.2) is 52.9 Å². The molecule has 7 nitrogen and oxygen atoms in total. The van der Waals surface area contributed by atoms with Crippen LogP contribution in [0.15, 0.2) is 48.5 Å². The van der Waals surface area contributed by atoms with Crippen LogP contribution in [0.2, 0.25) is 0 Å². The predicted octanol–water partition coefficient (Wildman–Crippen LogP) is 2.20. The molecule has 0 spiro atoms. The minimum absolute atomic E-state index is 0.212. The van der Waals surface area contributed by atoms with Crippen LogP contribution in [0.5, 0.6) is 5.75 Å². The van der Waals surface area contributed by atoms with Gasteiger partial charge in [-0.15, -0.1) is 0 Å².